The number of aliphatic hydroxyl groups excluding tert-OH is 1. The molecular formula is C6H11O3. The Bertz CT molecular complexity index is 88.3. The Morgan fingerprint density at radius 3 is 2.67 bits per heavy atom. The molecule has 1 atom stereocenters. The van der Waals surface area contributed by atoms with Crippen LogP contribution >= 0.6 is 0 Å². The van der Waals surface area contributed by atoms with Gasteiger partial charge in [-0.15, -0.1) is 0 Å². The number of carboxylic acid groups (broad SMARTS) is 1. The fraction of sp³-hybridized carbons (Fsp3) is 0.667. The molecule has 0 amide bonds. The van der Waals surface area contributed by atoms with E-state index in [4.69, 9.17) is 10.2 Å². The molecule has 3 nitrogen and oxygen atoms in total. The van der Waals surface area contributed by atoms with E-state index in [9.17, 15) is 4.79 Å². The number of carboxylic acids is 1. The topological polar surface area (TPSA) is 57.5 Å². The number of aliphatic carboxylic acids is 1. The average molecular weight is 131 g/mol. The van der Waals surface area contributed by atoms with E-state index in [-0.39, 0.29) is 6.42 Å². The van der Waals surface area contributed by atoms with E-state index >= 15 is 0 Å². The normalized spacial score (nSPS) is 13.1. The molecule has 2 N–H and O–H groups in total. The molecule has 1 unspecified atom stereocenters. The van der Waals surface area contributed by atoms with Crippen LogP contribution in [0.4, 0.5) is 0 Å². The number of aliphatic hydroxyl groups is 1. The summed E-state index contributed by atoms with van der Waals surface area (Å²) < 4.78 is 0. The highest BCUT2D eigenvalue weighted by molar-refractivity contribution is 5.67. The molecule has 0 spiro atoms. The van der Waals surface area contributed by atoms with Crippen molar-refractivity contribution in [3.63, 3.8) is 0 Å². The summed E-state index contributed by atoms with van der Waals surface area (Å²) in [4.78, 5) is 9.87. The van der Waals surface area contributed by atoms with Crippen LogP contribution in [0, 0.1) is 6.42 Å². The molecule has 0 aromatic heterocycles. The molecule has 0 aliphatic carbocycles. The van der Waals surface area contributed by atoms with Crippen molar-refractivity contribution >= 4 is 5.97 Å². The van der Waals surface area contributed by atoms with Crippen LogP contribution in [0.15, 0.2) is 0 Å². The molecule has 9 heavy (non-hydrogen) atoms. The summed E-state index contributed by atoms with van der Waals surface area (Å²) in [6, 6.07) is 0. The van der Waals surface area contributed by atoms with Gasteiger partial charge in [-0.3, -0.25) is 4.79 Å². The van der Waals surface area contributed by atoms with E-state index in [1.807, 2.05) is 0 Å². The Kier molecular flexibility index (Phi) is 4.05. The molecule has 0 rings (SSSR count). The monoisotopic (exact) mass is 131 g/mol. The lowest BCUT2D eigenvalue weighted by molar-refractivity contribution is -0.136. The van der Waals surface area contributed by atoms with Gasteiger partial charge in [-0.1, -0.05) is 0 Å². The third kappa shape index (κ3) is 7.43. The molecule has 1 radical (unpaired) electrons. The van der Waals surface area contributed by atoms with Gasteiger partial charge in [0, 0.05) is 6.42 Å². The van der Waals surface area contributed by atoms with Gasteiger partial charge in [0.15, 0.2) is 0 Å². The molecule has 0 aromatic rings. The van der Waals surface area contributed by atoms with Crippen LogP contribution in [0.3, 0.4) is 0 Å². The lowest BCUT2D eigenvalue weighted by Crippen LogP contribution is -2.02. The second-order valence-electron chi connectivity index (χ2n) is 1.97. The minimum absolute atomic E-state index is 0.0326. The quantitative estimate of drug-likeness (QED) is 0.582. The maximum absolute atomic E-state index is 9.87. The average Bonchev–Trinajstić information content (AvgIpc) is 1.63. The molecule has 0 saturated heterocycles. The van der Waals surface area contributed by atoms with Gasteiger partial charge in [-0.05, 0) is 19.8 Å². The summed E-state index contributed by atoms with van der Waals surface area (Å²) in [6.45, 7) is 1.62. The maximum atomic E-state index is 9.87. The SMILES string of the molecule is CC(O)C[CH]CC(=O)O. The van der Waals surface area contributed by atoms with Crippen molar-refractivity contribution in [3.05, 3.63) is 6.42 Å². The molecule has 0 aromatic carbocycles. The van der Waals surface area contributed by atoms with Gasteiger partial charge < -0.3 is 10.2 Å². The van der Waals surface area contributed by atoms with Crippen LogP contribution in [-0.4, -0.2) is 22.3 Å². The van der Waals surface area contributed by atoms with Crippen molar-refractivity contribution in [2.24, 2.45) is 0 Å². The first-order valence-electron chi connectivity index (χ1n) is 2.84. The highest BCUT2D eigenvalue weighted by Gasteiger charge is 1.99. The van der Waals surface area contributed by atoms with Crippen molar-refractivity contribution in [1.82, 2.24) is 0 Å². The van der Waals surface area contributed by atoms with Gasteiger partial charge in [-0.2, -0.15) is 0 Å². The van der Waals surface area contributed by atoms with Gasteiger partial charge >= 0.3 is 5.97 Å². The molecule has 53 valence electrons. The van der Waals surface area contributed by atoms with E-state index in [0.717, 1.165) is 0 Å². The van der Waals surface area contributed by atoms with Gasteiger partial charge in [0.05, 0.1) is 6.10 Å². The maximum Gasteiger partial charge on any atom is 0.303 e. The summed E-state index contributed by atoms with van der Waals surface area (Å²) in [7, 11) is 0. The third-order valence-electron chi connectivity index (χ3n) is 0.827. The summed E-state index contributed by atoms with van der Waals surface area (Å²) >= 11 is 0. The zero-order valence-corrected chi connectivity index (χ0v) is 5.37. The highest BCUT2D eigenvalue weighted by atomic mass is 16.4. The summed E-state index contributed by atoms with van der Waals surface area (Å²) in [6.07, 6.45) is 1.61. The second-order valence-corrected chi connectivity index (χ2v) is 1.97. The van der Waals surface area contributed by atoms with Crippen LogP contribution in [0.2, 0.25) is 0 Å². The van der Waals surface area contributed by atoms with Gasteiger partial charge in [0.2, 0.25) is 0 Å². The van der Waals surface area contributed by atoms with E-state index in [2.05, 4.69) is 0 Å². The smallest absolute Gasteiger partial charge is 0.303 e. The first kappa shape index (κ1) is 8.43. The Balaban J connectivity index is 3.01. The van der Waals surface area contributed by atoms with Crippen LogP contribution in [-0.2, 0) is 4.79 Å². The predicted molar refractivity (Wildman–Crippen MR) is 32.9 cm³/mol. The minimum atomic E-state index is -0.851. The molecule has 0 fully saturated rings. The fourth-order valence-corrected chi connectivity index (χ4v) is 0.448. The molecule has 0 aliphatic heterocycles. The van der Waals surface area contributed by atoms with E-state index in [1.54, 1.807) is 13.3 Å². The van der Waals surface area contributed by atoms with Crippen LogP contribution in [0.25, 0.3) is 0 Å². The van der Waals surface area contributed by atoms with Crippen molar-refractivity contribution in [3.8, 4) is 0 Å². The molecule has 0 bridgehead atoms. The van der Waals surface area contributed by atoms with Crippen molar-refractivity contribution < 1.29 is 15.0 Å². The van der Waals surface area contributed by atoms with E-state index < -0.39 is 12.1 Å². The number of carbonyl (C=O) groups is 1. The van der Waals surface area contributed by atoms with Crippen LogP contribution in [0.5, 0.6) is 0 Å². The summed E-state index contributed by atoms with van der Waals surface area (Å²) in [5.41, 5.74) is 0. The number of hydrogen-bond donors (Lipinski definition) is 2. The molecule has 3 heteroatoms. The van der Waals surface area contributed by atoms with Crippen LogP contribution in [0.1, 0.15) is 19.8 Å². The fourth-order valence-electron chi connectivity index (χ4n) is 0.448. The third-order valence-corrected chi connectivity index (χ3v) is 0.827. The summed E-state index contributed by atoms with van der Waals surface area (Å²) in [5.74, 6) is -0.851. The Labute approximate surface area is 54.3 Å². The molecule has 0 heterocycles. The summed E-state index contributed by atoms with van der Waals surface area (Å²) in [5, 5.41) is 16.8. The molecule has 0 saturated carbocycles. The first-order chi connectivity index (χ1) is 4.13. The predicted octanol–water partition coefficient (Wildman–Crippen LogP) is 0.436. The second kappa shape index (κ2) is 4.32. The van der Waals surface area contributed by atoms with E-state index in [1.165, 1.54) is 0 Å². The van der Waals surface area contributed by atoms with Gasteiger partial charge in [0.1, 0.15) is 0 Å². The highest BCUT2D eigenvalue weighted by Crippen LogP contribution is 1.97. The Hall–Kier alpha value is -0.570. The van der Waals surface area contributed by atoms with Crippen molar-refractivity contribution in [2.75, 3.05) is 0 Å². The minimum Gasteiger partial charge on any atom is -0.481 e. The standard InChI is InChI=1S/C6H11O3/c1-5(7)3-2-4-6(8)9/h2,5,7H,3-4H2,1H3,(H,8,9). The zero-order chi connectivity index (χ0) is 7.28. The lowest BCUT2D eigenvalue weighted by atomic mass is 10.2. The Morgan fingerprint density at radius 1 is 1.78 bits per heavy atom. The largest absolute Gasteiger partial charge is 0.481 e. The zero-order valence-electron chi connectivity index (χ0n) is 5.37. The van der Waals surface area contributed by atoms with E-state index in [0.29, 0.717) is 6.42 Å². The van der Waals surface area contributed by atoms with Crippen molar-refractivity contribution in [1.29, 1.82) is 0 Å². The van der Waals surface area contributed by atoms with Gasteiger partial charge in [0.25, 0.3) is 0 Å². The van der Waals surface area contributed by atoms with Gasteiger partial charge in [-0.25, -0.2) is 0 Å². The number of rotatable bonds is 4. The first-order valence-corrected chi connectivity index (χ1v) is 2.84. The molecule has 0 aliphatic rings. The Morgan fingerprint density at radius 2 is 2.33 bits per heavy atom. The van der Waals surface area contributed by atoms with Crippen molar-refractivity contribution in [2.45, 2.75) is 25.9 Å². The van der Waals surface area contributed by atoms with Crippen LogP contribution < -0.4 is 0 Å². The number of hydrogen-bond acceptors (Lipinski definition) is 2. The lowest BCUT2D eigenvalue weighted by Gasteiger charge is -1.98. The molecular weight excluding hydrogens is 120 g/mol.